The van der Waals surface area contributed by atoms with Gasteiger partial charge in [0.05, 0.1) is 6.61 Å². The van der Waals surface area contributed by atoms with Gasteiger partial charge in [-0.2, -0.15) is 0 Å². The molecule has 4 nitrogen and oxygen atoms in total. The van der Waals surface area contributed by atoms with Crippen LogP contribution in [0, 0.1) is 0 Å². The highest BCUT2D eigenvalue weighted by molar-refractivity contribution is 7.80. The van der Waals surface area contributed by atoms with Crippen molar-refractivity contribution >= 4 is 34.6 Å². The van der Waals surface area contributed by atoms with Crippen molar-refractivity contribution in [2.45, 2.75) is 20.0 Å². The molecule has 0 spiro atoms. The zero-order valence-corrected chi connectivity index (χ0v) is 17.2. The fraction of sp³-hybridized carbons (Fsp3) is 0.182. The molecule has 0 amide bonds. The molecule has 0 aliphatic carbocycles. The molecule has 28 heavy (non-hydrogen) atoms. The Hall–Kier alpha value is -2.63. The third kappa shape index (κ3) is 5.94. The van der Waals surface area contributed by atoms with Crippen LogP contribution < -0.4 is 10.1 Å². The van der Waals surface area contributed by atoms with Crippen LogP contribution in [0.5, 0.6) is 5.75 Å². The molecule has 6 heteroatoms. The van der Waals surface area contributed by atoms with Crippen molar-refractivity contribution in [3.63, 3.8) is 0 Å². The standard InChI is InChI=1S/C22H22ClN3OS/c1-2-27-21-11-5-17(6-12-21)15-26(16-18-4-3-13-24-14-18)22(28)25-20-9-7-19(23)8-10-20/h3-14H,2,15-16H2,1H3,(H,25,28). The molecule has 0 radical (unpaired) electrons. The van der Waals surface area contributed by atoms with E-state index in [-0.39, 0.29) is 0 Å². The Morgan fingerprint density at radius 1 is 1.04 bits per heavy atom. The molecule has 144 valence electrons. The molecule has 0 atom stereocenters. The van der Waals surface area contributed by atoms with E-state index in [1.807, 2.05) is 61.7 Å². The smallest absolute Gasteiger partial charge is 0.174 e. The highest BCUT2D eigenvalue weighted by atomic mass is 35.5. The molecule has 0 aliphatic rings. The Balaban J connectivity index is 1.75. The molecule has 2 aromatic carbocycles. The lowest BCUT2D eigenvalue weighted by atomic mass is 10.2. The van der Waals surface area contributed by atoms with Crippen LogP contribution in [0.4, 0.5) is 5.69 Å². The normalized spacial score (nSPS) is 10.4. The van der Waals surface area contributed by atoms with Crippen molar-refractivity contribution < 1.29 is 4.74 Å². The van der Waals surface area contributed by atoms with E-state index in [1.54, 1.807) is 6.20 Å². The van der Waals surface area contributed by atoms with Gasteiger partial charge in [0.15, 0.2) is 5.11 Å². The average Bonchev–Trinajstić information content (AvgIpc) is 2.71. The fourth-order valence-corrected chi connectivity index (χ4v) is 3.10. The monoisotopic (exact) mass is 411 g/mol. The number of nitrogens with one attached hydrogen (secondary N) is 1. The van der Waals surface area contributed by atoms with Crippen molar-refractivity contribution in [3.05, 3.63) is 89.2 Å². The molecule has 0 fully saturated rings. The largest absolute Gasteiger partial charge is 0.494 e. The molecule has 0 aliphatic heterocycles. The number of pyridine rings is 1. The first kappa shape index (κ1) is 20.1. The maximum Gasteiger partial charge on any atom is 0.174 e. The number of ether oxygens (including phenoxy) is 1. The molecule has 0 unspecified atom stereocenters. The lowest BCUT2D eigenvalue weighted by Gasteiger charge is -2.26. The van der Waals surface area contributed by atoms with Gasteiger partial charge in [0.2, 0.25) is 0 Å². The summed E-state index contributed by atoms with van der Waals surface area (Å²) in [4.78, 5) is 6.32. The Labute approximate surface area is 176 Å². The molecule has 0 bridgehead atoms. The first-order valence-corrected chi connectivity index (χ1v) is 9.85. The number of anilines is 1. The quantitative estimate of drug-likeness (QED) is 0.517. The van der Waals surface area contributed by atoms with Crippen LogP contribution in [0.15, 0.2) is 73.1 Å². The second-order valence-corrected chi connectivity index (χ2v) is 7.05. The minimum Gasteiger partial charge on any atom is -0.494 e. The second kappa shape index (κ2) is 10.1. The summed E-state index contributed by atoms with van der Waals surface area (Å²) < 4.78 is 5.53. The lowest BCUT2D eigenvalue weighted by molar-refractivity contribution is 0.340. The second-order valence-electron chi connectivity index (χ2n) is 6.23. The van der Waals surface area contributed by atoms with E-state index in [1.165, 1.54) is 0 Å². The third-order valence-electron chi connectivity index (χ3n) is 4.09. The molecule has 3 aromatic rings. The first-order valence-electron chi connectivity index (χ1n) is 9.06. The fourth-order valence-electron chi connectivity index (χ4n) is 2.73. The molecule has 0 saturated carbocycles. The van der Waals surface area contributed by atoms with Gasteiger partial charge in [-0.3, -0.25) is 4.98 Å². The molecule has 1 heterocycles. The zero-order valence-electron chi connectivity index (χ0n) is 15.6. The molecular formula is C22H22ClN3OS. The van der Waals surface area contributed by atoms with Crippen molar-refractivity contribution in [1.82, 2.24) is 9.88 Å². The highest BCUT2D eigenvalue weighted by Gasteiger charge is 2.12. The van der Waals surface area contributed by atoms with E-state index in [9.17, 15) is 0 Å². The van der Waals surface area contributed by atoms with E-state index in [0.29, 0.717) is 29.8 Å². The van der Waals surface area contributed by atoms with Crippen molar-refractivity contribution in [2.75, 3.05) is 11.9 Å². The number of benzene rings is 2. The average molecular weight is 412 g/mol. The van der Waals surface area contributed by atoms with Crippen LogP contribution >= 0.6 is 23.8 Å². The number of rotatable bonds is 7. The molecule has 1 aromatic heterocycles. The van der Waals surface area contributed by atoms with Gasteiger partial charge in [-0.25, -0.2) is 0 Å². The van der Waals surface area contributed by atoms with E-state index in [0.717, 1.165) is 22.6 Å². The Kier molecular flexibility index (Phi) is 7.23. The maximum atomic E-state index is 5.97. The molecule has 1 N–H and O–H groups in total. The summed E-state index contributed by atoms with van der Waals surface area (Å²) in [5, 5.41) is 4.63. The number of hydrogen-bond acceptors (Lipinski definition) is 3. The van der Waals surface area contributed by atoms with Crippen LogP contribution in [-0.4, -0.2) is 21.6 Å². The number of nitrogens with zero attached hydrogens (tertiary/aromatic N) is 2. The van der Waals surface area contributed by atoms with Crippen LogP contribution in [0.3, 0.4) is 0 Å². The van der Waals surface area contributed by atoms with E-state index < -0.39 is 0 Å². The maximum absolute atomic E-state index is 5.97. The van der Waals surface area contributed by atoms with Gasteiger partial charge in [-0.15, -0.1) is 0 Å². The molecule has 0 saturated heterocycles. The summed E-state index contributed by atoms with van der Waals surface area (Å²) in [5.74, 6) is 0.868. The van der Waals surface area contributed by atoms with Crippen molar-refractivity contribution in [3.8, 4) is 5.75 Å². The van der Waals surface area contributed by atoms with Gasteiger partial charge in [0, 0.05) is 36.2 Å². The highest BCUT2D eigenvalue weighted by Crippen LogP contribution is 2.18. The SMILES string of the molecule is CCOc1ccc(CN(Cc2cccnc2)C(=S)Nc2ccc(Cl)cc2)cc1. The molecule has 3 rings (SSSR count). The van der Waals surface area contributed by atoms with Crippen LogP contribution in [-0.2, 0) is 13.1 Å². The lowest BCUT2D eigenvalue weighted by Crippen LogP contribution is -2.33. The minimum absolute atomic E-state index is 0.639. The number of hydrogen-bond donors (Lipinski definition) is 1. The van der Waals surface area contributed by atoms with E-state index in [4.69, 9.17) is 28.6 Å². The summed E-state index contributed by atoms with van der Waals surface area (Å²) in [6.45, 7) is 3.95. The van der Waals surface area contributed by atoms with Crippen molar-refractivity contribution in [2.24, 2.45) is 0 Å². The number of halogens is 1. The van der Waals surface area contributed by atoms with Crippen molar-refractivity contribution in [1.29, 1.82) is 0 Å². The predicted octanol–water partition coefficient (Wildman–Crippen LogP) is 5.53. The summed E-state index contributed by atoms with van der Waals surface area (Å²) >= 11 is 11.7. The third-order valence-corrected chi connectivity index (χ3v) is 4.70. The Morgan fingerprint density at radius 3 is 2.39 bits per heavy atom. The van der Waals surface area contributed by atoms with Crippen LogP contribution in [0.25, 0.3) is 0 Å². The topological polar surface area (TPSA) is 37.4 Å². The molecular weight excluding hydrogens is 390 g/mol. The van der Waals surface area contributed by atoms with Gasteiger partial charge in [0.1, 0.15) is 5.75 Å². The number of aromatic nitrogens is 1. The van der Waals surface area contributed by atoms with Gasteiger partial charge < -0.3 is 15.0 Å². The van der Waals surface area contributed by atoms with Gasteiger partial charge in [0.25, 0.3) is 0 Å². The zero-order chi connectivity index (χ0) is 19.8. The number of thiocarbonyl (C=S) groups is 1. The minimum atomic E-state index is 0.639. The summed E-state index contributed by atoms with van der Waals surface area (Å²) in [6.07, 6.45) is 3.63. The summed E-state index contributed by atoms with van der Waals surface area (Å²) in [5.41, 5.74) is 3.14. The Morgan fingerprint density at radius 2 is 1.75 bits per heavy atom. The van der Waals surface area contributed by atoms with E-state index >= 15 is 0 Å². The van der Waals surface area contributed by atoms with E-state index in [2.05, 4.69) is 27.3 Å². The van der Waals surface area contributed by atoms with Crippen LogP contribution in [0.1, 0.15) is 18.1 Å². The van der Waals surface area contributed by atoms with Crippen LogP contribution in [0.2, 0.25) is 5.02 Å². The van der Waals surface area contributed by atoms with Gasteiger partial charge in [-0.1, -0.05) is 29.8 Å². The predicted molar refractivity (Wildman–Crippen MR) is 119 cm³/mol. The first-order chi connectivity index (χ1) is 13.6. The Bertz CT molecular complexity index is 886. The van der Waals surface area contributed by atoms with Gasteiger partial charge >= 0.3 is 0 Å². The summed E-state index contributed by atoms with van der Waals surface area (Å²) in [7, 11) is 0. The summed E-state index contributed by atoms with van der Waals surface area (Å²) in [6, 6.07) is 19.6. The van der Waals surface area contributed by atoms with Gasteiger partial charge in [-0.05, 0) is 72.7 Å².